The second kappa shape index (κ2) is 8.48. The third-order valence-electron chi connectivity index (χ3n) is 3.89. The van der Waals surface area contributed by atoms with E-state index in [-0.39, 0.29) is 6.61 Å². The predicted molar refractivity (Wildman–Crippen MR) is 118 cm³/mol. The first-order chi connectivity index (χ1) is 14.0. The molecule has 1 heterocycles. The third-order valence-corrected chi connectivity index (χ3v) is 5.92. The fourth-order valence-electron chi connectivity index (χ4n) is 2.62. The summed E-state index contributed by atoms with van der Waals surface area (Å²) in [5, 5.41) is 2.30. The summed E-state index contributed by atoms with van der Waals surface area (Å²) in [6, 6.07) is 15.5. The van der Waals surface area contributed by atoms with Gasteiger partial charge >= 0.3 is 0 Å². The molecule has 0 N–H and O–H groups in total. The minimum absolute atomic E-state index is 0.287. The van der Waals surface area contributed by atoms with Crippen LogP contribution in [0.4, 0.5) is 5.69 Å². The van der Waals surface area contributed by atoms with Crippen molar-refractivity contribution in [3.8, 4) is 17.2 Å². The number of hydrogen-bond acceptors (Lipinski definition) is 4. The maximum absolute atomic E-state index is 7.13. The number of halogens is 3. The maximum atomic E-state index is 7.13. The lowest BCUT2D eigenvalue weighted by Gasteiger charge is -2.11. The molecule has 0 spiro atoms. The number of hydrogen-bond donors (Lipinski definition) is 0. The summed E-state index contributed by atoms with van der Waals surface area (Å²) < 4.78 is 12.6. The van der Waals surface area contributed by atoms with Gasteiger partial charge in [-0.3, -0.25) is 0 Å². The number of rotatable bonds is 5. The second-order valence-corrected chi connectivity index (χ2v) is 8.27. The van der Waals surface area contributed by atoms with Crippen LogP contribution in [-0.2, 0) is 6.61 Å². The molecule has 0 saturated carbocycles. The van der Waals surface area contributed by atoms with E-state index in [0.717, 1.165) is 15.2 Å². The molecule has 0 unspecified atom stereocenters. The van der Waals surface area contributed by atoms with Gasteiger partial charge < -0.3 is 9.47 Å². The lowest BCUT2D eigenvalue weighted by atomic mass is 10.3. The minimum atomic E-state index is 0.287. The third kappa shape index (κ3) is 4.58. The number of fused-ring (bicyclic) bond motifs is 1. The van der Waals surface area contributed by atoms with E-state index in [1.54, 1.807) is 36.4 Å². The Labute approximate surface area is 186 Å². The van der Waals surface area contributed by atoms with Gasteiger partial charge in [-0.15, -0.1) is 11.3 Å². The van der Waals surface area contributed by atoms with Crippen molar-refractivity contribution in [3.63, 3.8) is 0 Å². The Morgan fingerprint density at radius 3 is 2.62 bits per heavy atom. The van der Waals surface area contributed by atoms with Crippen LogP contribution in [0.3, 0.4) is 0 Å². The molecule has 8 heteroatoms. The highest BCUT2D eigenvalue weighted by Gasteiger charge is 2.10. The fourth-order valence-corrected chi connectivity index (χ4v) is 4.16. The second-order valence-electron chi connectivity index (χ2n) is 5.94. The summed E-state index contributed by atoms with van der Waals surface area (Å²) in [5.74, 6) is 1.39. The highest BCUT2D eigenvalue weighted by Crippen LogP contribution is 2.36. The number of benzene rings is 3. The van der Waals surface area contributed by atoms with E-state index in [1.807, 2.05) is 18.2 Å². The van der Waals surface area contributed by atoms with Crippen LogP contribution in [0.25, 0.3) is 15.1 Å². The molecule has 0 aliphatic carbocycles. The topological polar surface area (TPSA) is 35.7 Å². The van der Waals surface area contributed by atoms with Crippen LogP contribution < -0.4 is 9.47 Å². The van der Waals surface area contributed by atoms with Crippen LogP contribution in [0.2, 0.25) is 15.1 Å². The molecular formula is C21H11Cl3N2O2S. The zero-order valence-corrected chi connectivity index (χ0v) is 17.7. The van der Waals surface area contributed by atoms with E-state index in [9.17, 15) is 0 Å². The molecule has 0 bridgehead atoms. The van der Waals surface area contributed by atoms with Crippen molar-refractivity contribution in [2.75, 3.05) is 0 Å². The van der Waals surface area contributed by atoms with Gasteiger partial charge in [0.1, 0.15) is 28.9 Å². The maximum Gasteiger partial charge on any atom is 0.192 e. The number of ether oxygens (including phenoxy) is 2. The average Bonchev–Trinajstić information content (AvgIpc) is 3.13. The Morgan fingerprint density at radius 1 is 0.966 bits per heavy atom. The number of thiazole rings is 1. The molecule has 0 saturated heterocycles. The Morgan fingerprint density at radius 2 is 1.83 bits per heavy atom. The van der Waals surface area contributed by atoms with E-state index in [0.29, 0.717) is 38.0 Å². The van der Waals surface area contributed by atoms with Crippen molar-refractivity contribution in [1.29, 1.82) is 0 Å². The molecule has 4 aromatic rings. The molecule has 0 fully saturated rings. The van der Waals surface area contributed by atoms with E-state index >= 15 is 0 Å². The summed E-state index contributed by atoms with van der Waals surface area (Å²) in [5.41, 5.74) is 1.23. The van der Waals surface area contributed by atoms with Crippen molar-refractivity contribution < 1.29 is 9.47 Å². The largest absolute Gasteiger partial charge is 0.486 e. The van der Waals surface area contributed by atoms with Gasteiger partial charge in [0.15, 0.2) is 5.69 Å². The van der Waals surface area contributed by atoms with Crippen molar-refractivity contribution in [3.05, 3.63) is 86.1 Å². The van der Waals surface area contributed by atoms with Crippen LogP contribution in [0.5, 0.6) is 17.2 Å². The van der Waals surface area contributed by atoms with Crippen molar-refractivity contribution in [1.82, 2.24) is 4.98 Å². The molecule has 4 nitrogen and oxygen atoms in total. The van der Waals surface area contributed by atoms with Crippen molar-refractivity contribution >= 4 is 62.0 Å². The molecular weight excluding hydrogens is 451 g/mol. The summed E-state index contributed by atoms with van der Waals surface area (Å²) in [6.07, 6.45) is 0. The van der Waals surface area contributed by atoms with Crippen LogP contribution in [0, 0.1) is 6.57 Å². The lowest BCUT2D eigenvalue weighted by molar-refractivity contribution is 0.304. The molecule has 0 atom stereocenters. The quantitative estimate of drug-likeness (QED) is 0.281. The van der Waals surface area contributed by atoms with Gasteiger partial charge in [0, 0.05) is 11.1 Å². The summed E-state index contributed by atoms with van der Waals surface area (Å²) in [6.45, 7) is 7.42. The van der Waals surface area contributed by atoms with Crippen LogP contribution in [0.1, 0.15) is 5.01 Å². The highest BCUT2D eigenvalue weighted by atomic mass is 35.5. The highest BCUT2D eigenvalue weighted by molar-refractivity contribution is 7.19. The SMILES string of the molecule is [C-]#[N+]c1cc(Cl)cc(Oc2cc(OCc3nc4cccc(Cl)c4s3)ccc2Cl)c1. The monoisotopic (exact) mass is 460 g/mol. The molecule has 29 heavy (non-hydrogen) atoms. The zero-order valence-electron chi connectivity index (χ0n) is 14.7. The normalized spacial score (nSPS) is 10.7. The average molecular weight is 462 g/mol. The van der Waals surface area contributed by atoms with E-state index in [1.165, 1.54) is 11.3 Å². The molecule has 3 aromatic carbocycles. The standard InChI is InChI=1S/C21H11Cl3N2O2S/c1-25-13-7-12(22)8-15(9-13)28-19-10-14(5-6-16(19)23)27-11-20-26-18-4-2-3-17(24)21(18)29-20/h2-10H,11H2. The molecule has 0 aliphatic rings. The van der Waals surface area contributed by atoms with Gasteiger partial charge in [-0.1, -0.05) is 40.9 Å². The molecule has 144 valence electrons. The number of aromatic nitrogens is 1. The Balaban J connectivity index is 1.53. The van der Waals surface area contributed by atoms with Gasteiger partial charge in [0.05, 0.1) is 26.8 Å². The molecule has 0 amide bonds. The number of nitrogens with zero attached hydrogens (tertiary/aromatic N) is 2. The fraction of sp³-hybridized carbons (Fsp3) is 0.0476. The van der Waals surface area contributed by atoms with Crippen LogP contribution in [0.15, 0.2) is 54.6 Å². The smallest absolute Gasteiger partial charge is 0.192 e. The lowest BCUT2D eigenvalue weighted by Crippen LogP contribution is -1.95. The molecule has 0 aliphatic heterocycles. The van der Waals surface area contributed by atoms with Gasteiger partial charge in [-0.2, -0.15) is 0 Å². The van der Waals surface area contributed by atoms with E-state index in [2.05, 4.69) is 9.83 Å². The van der Waals surface area contributed by atoms with Crippen molar-refractivity contribution in [2.24, 2.45) is 0 Å². The Hall–Kier alpha value is -2.49. The Kier molecular flexibility index (Phi) is 5.79. The predicted octanol–water partition coefficient (Wildman–Crippen LogP) is 8.18. The van der Waals surface area contributed by atoms with Crippen LogP contribution in [-0.4, -0.2) is 4.98 Å². The molecule has 4 rings (SSSR count). The summed E-state index contributed by atoms with van der Waals surface area (Å²) in [4.78, 5) is 7.91. The Bertz CT molecular complexity index is 1250. The first-order valence-corrected chi connectivity index (χ1v) is 10.3. The minimum Gasteiger partial charge on any atom is -0.486 e. The summed E-state index contributed by atoms with van der Waals surface area (Å²) >= 11 is 20.0. The zero-order chi connectivity index (χ0) is 20.4. The molecule has 1 aromatic heterocycles. The van der Waals surface area contributed by atoms with Gasteiger partial charge in [0.25, 0.3) is 0 Å². The van der Waals surface area contributed by atoms with Crippen LogP contribution >= 0.6 is 46.1 Å². The first-order valence-electron chi connectivity index (χ1n) is 8.34. The van der Waals surface area contributed by atoms with E-state index < -0.39 is 0 Å². The van der Waals surface area contributed by atoms with Gasteiger partial charge in [-0.05, 0) is 42.5 Å². The molecule has 0 radical (unpaired) electrons. The summed E-state index contributed by atoms with van der Waals surface area (Å²) in [7, 11) is 0. The van der Waals surface area contributed by atoms with Gasteiger partial charge in [-0.25, -0.2) is 9.83 Å². The first kappa shape index (κ1) is 19.8. The van der Waals surface area contributed by atoms with Gasteiger partial charge in [0.2, 0.25) is 0 Å². The van der Waals surface area contributed by atoms with Crippen molar-refractivity contribution in [2.45, 2.75) is 6.61 Å². The van der Waals surface area contributed by atoms with E-state index in [4.69, 9.17) is 50.8 Å².